The molecule has 0 bridgehead atoms. The van der Waals surface area contributed by atoms with Crippen LogP contribution in [0.3, 0.4) is 0 Å². The van der Waals surface area contributed by atoms with E-state index in [0.29, 0.717) is 20.1 Å². The SMILES string of the molecule is Cc1cc(C)c(C(=O)[P+](=O)c2ccccc2C(=O)c2c(Br)cccc2Br)c(C)c1C. The van der Waals surface area contributed by atoms with Crippen molar-refractivity contribution in [3.05, 3.63) is 96.4 Å². The Morgan fingerprint density at radius 3 is 2.00 bits per heavy atom. The molecule has 6 heteroatoms. The van der Waals surface area contributed by atoms with Crippen molar-refractivity contribution >= 4 is 56.3 Å². The molecule has 0 aromatic heterocycles. The summed E-state index contributed by atoms with van der Waals surface area (Å²) in [6.07, 6.45) is 0. The molecule has 3 nitrogen and oxygen atoms in total. The van der Waals surface area contributed by atoms with Gasteiger partial charge in [-0.25, -0.2) is 4.79 Å². The molecular weight excluding hydrogens is 527 g/mol. The van der Waals surface area contributed by atoms with Gasteiger partial charge in [-0.3, -0.25) is 4.79 Å². The quantitative estimate of drug-likeness (QED) is 0.256. The van der Waals surface area contributed by atoms with Crippen LogP contribution >= 0.6 is 39.7 Å². The van der Waals surface area contributed by atoms with E-state index in [1.165, 1.54) is 0 Å². The highest BCUT2D eigenvalue weighted by atomic mass is 79.9. The van der Waals surface area contributed by atoms with Gasteiger partial charge in [-0.05, 0) is 106 Å². The van der Waals surface area contributed by atoms with Crippen molar-refractivity contribution in [2.24, 2.45) is 0 Å². The van der Waals surface area contributed by atoms with Crippen LogP contribution in [0.4, 0.5) is 0 Å². The highest BCUT2D eigenvalue weighted by Crippen LogP contribution is 2.34. The van der Waals surface area contributed by atoms with E-state index < -0.39 is 13.3 Å². The van der Waals surface area contributed by atoms with Gasteiger partial charge < -0.3 is 0 Å². The molecular formula is C24H20Br2O3P+. The normalized spacial score (nSPS) is 11.3. The fraction of sp³-hybridized carbons (Fsp3) is 0.167. The Hall–Kier alpha value is -1.94. The van der Waals surface area contributed by atoms with Gasteiger partial charge >= 0.3 is 13.3 Å². The molecule has 0 fully saturated rings. The molecule has 30 heavy (non-hydrogen) atoms. The molecule has 0 radical (unpaired) electrons. The van der Waals surface area contributed by atoms with Gasteiger partial charge in [-0.2, -0.15) is 0 Å². The van der Waals surface area contributed by atoms with Gasteiger partial charge in [-0.1, -0.05) is 28.8 Å². The van der Waals surface area contributed by atoms with Crippen LogP contribution in [0.15, 0.2) is 57.5 Å². The molecule has 3 aromatic rings. The van der Waals surface area contributed by atoms with Crippen LogP contribution in [0.25, 0.3) is 0 Å². The first kappa shape index (κ1) is 22.7. The van der Waals surface area contributed by atoms with Crippen LogP contribution in [0.5, 0.6) is 0 Å². The fourth-order valence-corrected chi connectivity index (χ4v) is 6.26. The highest BCUT2D eigenvalue weighted by molar-refractivity contribution is 9.11. The third kappa shape index (κ3) is 4.12. The van der Waals surface area contributed by atoms with Gasteiger partial charge in [0, 0.05) is 8.95 Å². The summed E-state index contributed by atoms with van der Waals surface area (Å²) >= 11 is 6.83. The minimum Gasteiger partial charge on any atom is -0.288 e. The maximum Gasteiger partial charge on any atom is 0.459 e. The van der Waals surface area contributed by atoms with E-state index in [-0.39, 0.29) is 16.7 Å². The second-order valence-electron chi connectivity index (χ2n) is 7.18. The lowest BCUT2D eigenvalue weighted by atomic mass is 9.95. The van der Waals surface area contributed by atoms with Crippen LogP contribution in [0, 0.1) is 27.7 Å². The molecule has 3 aromatic carbocycles. The molecule has 1 unspecified atom stereocenters. The van der Waals surface area contributed by atoms with E-state index in [1.54, 1.807) is 36.4 Å². The summed E-state index contributed by atoms with van der Waals surface area (Å²) < 4.78 is 14.6. The van der Waals surface area contributed by atoms with Gasteiger partial charge in [-0.15, -0.1) is 0 Å². The molecule has 0 N–H and O–H groups in total. The Balaban J connectivity index is 2.11. The van der Waals surface area contributed by atoms with Gasteiger partial charge in [0.1, 0.15) is 0 Å². The van der Waals surface area contributed by atoms with Crippen molar-refractivity contribution in [1.29, 1.82) is 0 Å². The van der Waals surface area contributed by atoms with Crippen molar-refractivity contribution in [1.82, 2.24) is 0 Å². The maximum atomic E-state index is 13.4. The first-order valence-corrected chi connectivity index (χ1v) is 12.2. The van der Waals surface area contributed by atoms with Crippen molar-refractivity contribution < 1.29 is 14.2 Å². The maximum absolute atomic E-state index is 13.4. The number of ketones is 1. The molecule has 152 valence electrons. The molecule has 0 aliphatic heterocycles. The van der Waals surface area contributed by atoms with Crippen LogP contribution in [-0.4, -0.2) is 11.3 Å². The average molecular weight is 547 g/mol. The van der Waals surface area contributed by atoms with E-state index in [9.17, 15) is 14.2 Å². The minimum atomic E-state index is -2.47. The number of benzene rings is 3. The lowest BCUT2D eigenvalue weighted by molar-refractivity contribution is 0.103. The minimum absolute atomic E-state index is 0.252. The standard InChI is InChI=1S/C24H20Br2O3P/c1-13-12-14(2)21(16(4)15(13)3)24(28)30(29)20-11-6-5-8-17(20)23(27)22-18(25)9-7-10-19(22)26/h5-12H,1-4H3/q+1. The van der Waals surface area contributed by atoms with Crippen LogP contribution in [-0.2, 0) is 4.57 Å². The second kappa shape index (κ2) is 9.05. The van der Waals surface area contributed by atoms with Gasteiger partial charge in [0.05, 0.1) is 16.7 Å². The molecule has 0 heterocycles. The van der Waals surface area contributed by atoms with Crippen molar-refractivity contribution in [2.75, 3.05) is 0 Å². The van der Waals surface area contributed by atoms with E-state index in [0.717, 1.165) is 22.3 Å². The van der Waals surface area contributed by atoms with E-state index in [2.05, 4.69) is 31.9 Å². The fourth-order valence-electron chi connectivity index (χ4n) is 3.52. The summed E-state index contributed by atoms with van der Waals surface area (Å²) in [5.41, 5.74) is 4.44. The first-order valence-electron chi connectivity index (χ1n) is 9.31. The number of halogens is 2. The predicted molar refractivity (Wildman–Crippen MR) is 129 cm³/mol. The summed E-state index contributed by atoms with van der Waals surface area (Å²) in [7, 11) is -2.47. The Kier molecular flexibility index (Phi) is 6.86. The number of rotatable bonds is 5. The molecule has 0 aliphatic carbocycles. The topological polar surface area (TPSA) is 51.2 Å². The van der Waals surface area contributed by atoms with Gasteiger partial charge in [0.2, 0.25) is 5.30 Å². The third-order valence-corrected chi connectivity index (χ3v) is 8.05. The lowest BCUT2D eigenvalue weighted by Crippen LogP contribution is -2.17. The number of hydrogen-bond donors (Lipinski definition) is 0. The molecule has 1 atom stereocenters. The van der Waals surface area contributed by atoms with E-state index in [1.807, 2.05) is 39.8 Å². The first-order chi connectivity index (χ1) is 14.1. The summed E-state index contributed by atoms with van der Waals surface area (Å²) in [5, 5.41) is 0.252. The summed E-state index contributed by atoms with van der Waals surface area (Å²) in [6.45, 7) is 7.68. The molecule has 0 amide bonds. The zero-order chi connectivity index (χ0) is 22.2. The van der Waals surface area contributed by atoms with Crippen molar-refractivity contribution in [3.8, 4) is 0 Å². The molecule has 3 rings (SSSR count). The highest BCUT2D eigenvalue weighted by Gasteiger charge is 2.39. The summed E-state index contributed by atoms with van der Waals surface area (Å²) in [5.74, 6) is -0.297. The van der Waals surface area contributed by atoms with Crippen molar-refractivity contribution in [2.45, 2.75) is 27.7 Å². The summed E-state index contributed by atoms with van der Waals surface area (Å²) in [6, 6.07) is 13.9. The smallest absolute Gasteiger partial charge is 0.288 e. The largest absolute Gasteiger partial charge is 0.459 e. The van der Waals surface area contributed by atoms with E-state index >= 15 is 0 Å². The summed E-state index contributed by atoms with van der Waals surface area (Å²) in [4.78, 5) is 26.6. The monoisotopic (exact) mass is 545 g/mol. The number of carbonyl (C=O) groups is 2. The average Bonchev–Trinajstić information content (AvgIpc) is 2.71. The lowest BCUT2D eigenvalue weighted by Gasteiger charge is -2.11. The molecule has 0 spiro atoms. The van der Waals surface area contributed by atoms with Crippen LogP contribution in [0.2, 0.25) is 0 Å². The van der Waals surface area contributed by atoms with Gasteiger partial charge in [0.25, 0.3) is 0 Å². The molecule has 0 saturated carbocycles. The van der Waals surface area contributed by atoms with Crippen molar-refractivity contribution in [3.63, 3.8) is 0 Å². The number of hydrogen-bond acceptors (Lipinski definition) is 3. The van der Waals surface area contributed by atoms with E-state index in [4.69, 9.17) is 0 Å². The second-order valence-corrected chi connectivity index (χ2v) is 10.4. The molecule has 0 saturated heterocycles. The van der Waals surface area contributed by atoms with Gasteiger partial charge in [0.15, 0.2) is 5.78 Å². The van der Waals surface area contributed by atoms with Crippen LogP contribution in [0.1, 0.15) is 48.5 Å². The number of aryl methyl sites for hydroxylation is 2. The predicted octanol–water partition coefficient (Wildman–Crippen LogP) is 6.97. The van der Waals surface area contributed by atoms with Crippen LogP contribution < -0.4 is 5.30 Å². The zero-order valence-corrected chi connectivity index (χ0v) is 21.1. The third-order valence-electron chi connectivity index (χ3n) is 5.31. The number of carbonyl (C=O) groups excluding carboxylic acids is 2. The zero-order valence-electron chi connectivity index (χ0n) is 17.0. The Morgan fingerprint density at radius 1 is 0.767 bits per heavy atom. The Bertz CT molecular complexity index is 1200. The molecule has 0 aliphatic rings. The Morgan fingerprint density at radius 2 is 1.37 bits per heavy atom. The Labute approximate surface area is 193 Å².